The molecule has 2 N–H and O–H groups in total. The SMILES string of the molecule is CN(Cc1cc(CN)ccc1F)CC1CCC1. The van der Waals surface area contributed by atoms with Crippen molar-refractivity contribution in [1.82, 2.24) is 4.90 Å². The minimum Gasteiger partial charge on any atom is -0.326 e. The summed E-state index contributed by atoms with van der Waals surface area (Å²) in [5.74, 6) is 0.698. The van der Waals surface area contributed by atoms with Crippen LogP contribution in [-0.4, -0.2) is 18.5 Å². The molecule has 0 spiro atoms. The van der Waals surface area contributed by atoms with E-state index in [2.05, 4.69) is 11.9 Å². The molecule has 0 aromatic heterocycles. The maximum absolute atomic E-state index is 13.6. The predicted octanol–water partition coefficient (Wildman–Crippen LogP) is 2.52. The molecule has 1 aromatic rings. The van der Waals surface area contributed by atoms with Crippen LogP contribution in [0.3, 0.4) is 0 Å². The second-order valence-electron chi connectivity index (χ2n) is 5.12. The van der Waals surface area contributed by atoms with Gasteiger partial charge in [0.25, 0.3) is 0 Å². The predicted molar refractivity (Wildman–Crippen MR) is 68.0 cm³/mol. The van der Waals surface area contributed by atoms with Crippen molar-refractivity contribution in [3.8, 4) is 0 Å². The fourth-order valence-electron chi connectivity index (χ4n) is 2.35. The van der Waals surface area contributed by atoms with Gasteiger partial charge in [0.2, 0.25) is 0 Å². The second kappa shape index (κ2) is 5.61. The molecule has 1 fully saturated rings. The van der Waals surface area contributed by atoms with Crippen LogP contribution >= 0.6 is 0 Å². The summed E-state index contributed by atoms with van der Waals surface area (Å²) >= 11 is 0. The Morgan fingerprint density at radius 3 is 2.76 bits per heavy atom. The first-order valence-corrected chi connectivity index (χ1v) is 6.35. The highest BCUT2D eigenvalue weighted by Crippen LogP contribution is 2.27. The van der Waals surface area contributed by atoms with Crippen LogP contribution in [0.4, 0.5) is 4.39 Å². The summed E-state index contributed by atoms with van der Waals surface area (Å²) in [4.78, 5) is 2.21. The molecule has 1 aromatic carbocycles. The molecule has 0 saturated heterocycles. The lowest BCUT2D eigenvalue weighted by atomic mass is 9.85. The van der Waals surface area contributed by atoms with Crippen molar-refractivity contribution >= 4 is 0 Å². The van der Waals surface area contributed by atoms with Crippen molar-refractivity contribution in [3.05, 3.63) is 35.1 Å². The average Bonchev–Trinajstić information content (AvgIpc) is 2.27. The standard InChI is InChI=1S/C14H21FN2/c1-17(9-11-3-2-4-11)10-13-7-12(8-16)5-6-14(13)15/h5-7,11H,2-4,8-10,16H2,1H3. The third-order valence-electron chi connectivity index (χ3n) is 3.58. The van der Waals surface area contributed by atoms with E-state index < -0.39 is 0 Å². The van der Waals surface area contributed by atoms with Crippen LogP contribution in [0.2, 0.25) is 0 Å². The number of benzene rings is 1. The Labute approximate surface area is 103 Å². The van der Waals surface area contributed by atoms with Crippen LogP contribution in [0.25, 0.3) is 0 Å². The summed E-state index contributed by atoms with van der Waals surface area (Å²) in [7, 11) is 2.06. The van der Waals surface area contributed by atoms with Gasteiger partial charge in [0.1, 0.15) is 5.82 Å². The zero-order valence-corrected chi connectivity index (χ0v) is 10.5. The number of halogens is 1. The third-order valence-corrected chi connectivity index (χ3v) is 3.58. The number of hydrogen-bond donors (Lipinski definition) is 1. The van der Waals surface area contributed by atoms with Gasteiger partial charge in [0.05, 0.1) is 0 Å². The van der Waals surface area contributed by atoms with E-state index in [-0.39, 0.29) is 5.82 Å². The molecule has 2 nitrogen and oxygen atoms in total. The van der Waals surface area contributed by atoms with Crippen molar-refractivity contribution in [2.45, 2.75) is 32.4 Å². The topological polar surface area (TPSA) is 29.3 Å². The van der Waals surface area contributed by atoms with Gasteiger partial charge in [-0.05, 0) is 37.4 Å². The zero-order valence-electron chi connectivity index (χ0n) is 10.5. The smallest absolute Gasteiger partial charge is 0.127 e. The van der Waals surface area contributed by atoms with Crippen LogP contribution in [0.15, 0.2) is 18.2 Å². The molecule has 1 saturated carbocycles. The highest BCUT2D eigenvalue weighted by Gasteiger charge is 2.19. The molecule has 0 aliphatic heterocycles. The van der Waals surface area contributed by atoms with E-state index >= 15 is 0 Å². The molecule has 1 aliphatic carbocycles. The average molecular weight is 236 g/mol. The first kappa shape index (κ1) is 12.5. The molecule has 3 heteroatoms. The molecule has 1 aliphatic rings. The molecule has 17 heavy (non-hydrogen) atoms. The Balaban J connectivity index is 1.96. The van der Waals surface area contributed by atoms with Gasteiger partial charge in [-0.3, -0.25) is 0 Å². The van der Waals surface area contributed by atoms with Crippen molar-refractivity contribution in [2.75, 3.05) is 13.6 Å². The van der Waals surface area contributed by atoms with Crippen LogP contribution in [-0.2, 0) is 13.1 Å². The van der Waals surface area contributed by atoms with Crippen molar-refractivity contribution in [3.63, 3.8) is 0 Å². The van der Waals surface area contributed by atoms with Crippen LogP contribution in [0.1, 0.15) is 30.4 Å². The number of rotatable bonds is 5. The molecule has 0 atom stereocenters. The number of nitrogens with zero attached hydrogens (tertiary/aromatic N) is 1. The number of nitrogens with two attached hydrogens (primary N) is 1. The lowest BCUT2D eigenvalue weighted by Gasteiger charge is -2.30. The highest BCUT2D eigenvalue weighted by atomic mass is 19.1. The van der Waals surface area contributed by atoms with Gasteiger partial charge in [0, 0.05) is 25.2 Å². The Morgan fingerprint density at radius 1 is 1.41 bits per heavy atom. The van der Waals surface area contributed by atoms with Crippen LogP contribution < -0.4 is 5.73 Å². The van der Waals surface area contributed by atoms with E-state index in [1.54, 1.807) is 6.07 Å². The number of hydrogen-bond acceptors (Lipinski definition) is 2. The van der Waals surface area contributed by atoms with Crippen molar-refractivity contribution < 1.29 is 4.39 Å². The lowest BCUT2D eigenvalue weighted by molar-refractivity contribution is 0.199. The molecule has 0 heterocycles. The van der Waals surface area contributed by atoms with Gasteiger partial charge in [-0.2, -0.15) is 0 Å². The van der Waals surface area contributed by atoms with E-state index in [1.165, 1.54) is 25.3 Å². The Kier molecular flexibility index (Phi) is 4.13. The monoisotopic (exact) mass is 236 g/mol. The summed E-state index contributed by atoms with van der Waals surface area (Å²) in [6, 6.07) is 5.16. The maximum Gasteiger partial charge on any atom is 0.127 e. The summed E-state index contributed by atoms with van der Waals surface area (Å²) in [5, 5.41) is 0. The Bertz CT molecular complexity index is 374. The van der Waals surface area contributed by atoms with Gasteiger partial charge in [-0.1, -0.05) is 18.6 Å². The molecule has 0 unspecified atom stereocenters. The second-order valence-corrected chi connectivity index (χ2v) is 5.12. The molecular formula is C14H21FN2. The van der Waals surface area contributed by atoms with E-state index in [9.17, 15) is 4.39 Å². The normalized spacial score (nSPS) is 16.2. The van der Waals surface area contributed by atoms with Gasteiger partial charge >= 0.3 is 0 Å². The maximum atomic E-state index is 13.6. The fourth-order valence-corrected chi connectivity index (χ4v) is 2.35. The first-order valence-electron chi connectivity index (χ1n) is 6.35. The van der Waals surface area contributed by atoms with Gasteiger partial charge in [-0.25, -0.2) is 4.39 Å². The van der Waals surface area contributed by atoms with E-state index in [4.69, 9.17) is 5.73 Å². The van der Waals surface area contributed by atoms with Crippen LogP contribution in [0, 0.1) is 11.7 Å². The molecule has 0 bridgehead atoms. The Hall–Kier alpha value is -0.930. The van der Waals surface area contributed by atoms with Gasteiger partial charge in [0.15, 0.2) is 0 Å². The lowest BCUT2D eigenvalue weighted by Crippen LogP contribution is -2.29. The summed E-state index contributed by atoms with van der Waals surface area (Å²) in [5.41, 5.74) is 7.33. The zero-order chi connectivity index (χ0) is 12.3. The van der Waals surface area contributed by atoms with Crippen molar-refractivity contribution in [1.29, 1.82) is 0 Å². The van der Waals surface area contributed by atoms with Crippen molar-refractivity contribution in [2.24, 2.45) is 11.7 Å². The quantitative estimate of drug-likeness (QED) is 0.851. The summed E-state index contributed by atoms with van der Waals surface area (Å²) in [6.07, 6.45) is 4.01. The Morgan fingerprint density at radius 2 is 2.18 bits per heavy atom. The van der Waals surface area contributed by atoms with Gasteiger partial charge in [-0.15, -0.1) is 0 Å². The summed E-state index contributed by atoms with van der Waals surface area (Å²) in [6.45, 7) is 2.22. The highest BCUT2D eigenvalue weighted by molar-refractivity contribution is 5.25. The fraction of sp³-hybridized carbons (Fsp3) is 0.571. The molecule has 0 radical (unpaired) electrons. The van der Waals surface area contributed by atoms with E-state index in [0.29, 0.717) is 13.1 Å². The minimum atomic E-state index is -0.123. The molecule has 0 amide bonds. The summed E-state index contributed by atoms with van der Waals surface area (Å²) < 4.78 is 13.6. The van der Waals surface area contributed by atoms with Gasteiger partial charge < -0.3 is 10.6 Å². The molecule has 94 valence electrons. The largest absolute Gasteiger partial charge is 0.326 e. The minimum absolute atomic E-state index is 0.123. The van der Waals surface area contributed by atoms with E-state index in [0.717, 1.165) is 23.6 Å². The third kappa shape index (κ3) is 3.27. The molecular weight excluding hydrogens is 215 g/mol. The first-order chi connectivity index (χ1) is 8.19. The molecule has 2 rings (SSSR count). The van der Waals surface area contributed by atoms with E-state index in [1.807, 2.05) is 6.07 Å². The van der Waals surface area contributed by atoms with Crippen LogP contribution in [0.5, 0.6) is 0 Å².